The molecule has 0 radical (unpaired) electrons. The molecule has 0 saturated carbocycles. The average molecular weight is 354 g/mol. The molecule has 0 spiro atoms. The highest BCUT2D eigenvalue weighted by Gasteiger charge is 2.02. The quantitative estimate of drug-likeness (QED) is 0.829. The molecule has 92 valence electrons. The second-order valence-electron chi connectivity index (χ2n) is 3.70. The van der Waals surface area contributed by atoms with Gasteiger partial charge < -0.3 is 10.4 Å². The maximum Gasteiger partial charge on any atom is 0.337 e. The first-order chi connectivity index (χ1) is 8.65. The number of anilines is 1. The van der Waals surface area contributed by atoms with Gasteiger partial charge in [-0.2, -0.15) is 0 Å². The number of carboxylic acid groups (broad SMARTS) is 1. The third-order valence-electron chi connectivity index (χ3n) is 2.39. The fourth-order valence-electron chi connectivity index (χ4n) is 1.42. The fraction of sp³-hybridized carbons (Fsp3) is 0.0769. The normalized spacial score (nSPS) is 10.1. The van der Waals surface area contributed by atoms with Crippen molar-refractivity contribution in [2.24, 2.45) is 0 Å². The van der Waals surface area contributed by atoms with Gasteiger partial charge in [-0.15, -0.1) is 0 Å². The monoisotopic (exact) mass is 354 g/mol. The Morgan fingerprint density at radius 2 is 1.94 bits per heavy atom. The van der Waals surface area contributed by atoms with Crippen molar-refractivity contribution in [3.05, 3.63) is 57.4 Å². The largest absolute Gasteiger partial charge is 0.478 e. The zero-order chi connectivity index (χ0) is 13.0. The first kappa shape index (κ1) is 12.8. The smallest absolute Gasteiger partial charge is 0.337 e. The molecule has 4 nitrogen and oxygen atoms in total. The molecular weight excluding hydrogens is 343 g/mol. The number of rotatable bonds is 4. The van der Waals surface area contributed by atoms with Crippen molar-refractivity contribution in [2.45, 2.75) is 6.54 Å². The molecule has 0 amide bonds. The summed E-state index contributed by atoms with van der Waals surface area (Å²) in [6, 6.07) is 11.3. The Morgan fingerprint density at radius 3 is 2.50 bits per heavy atom. The van der Waals surface area contributed by atoms with E-state index in [4.69, 9.17) is 5.11 Å². The molecule has 5 heteroatoms. The number of benzene rings is 1. The number of halogens is 1. The van der Waals surface area contributed by atoms with Gasteiger partial charge in [0.1, 0.15) is 0 Å². The van der Waals surface area contributed by atoms with E-state index in [-0.39, 0.29) is 5.56 Å². The Balaban J connectivity index is 1.97. The van der Waals surface area contributed by atoms with E-state index >= 15 is 0 Å². The molecule has 0 aliphatic rings. The molecule has 18 heavy (non-hydrogen) atoms. The van der Waals surface area contributed by atoms with Crippen LogP contribution in [0.25, 0.3) is 0 Å². The summed E-state index contributed by atoms with van der Waals surface area (Å²) in [5, 5.41) is 12.0. The van der Waals surface area contributed by atoms with Crippen LogP contribution in [0.3, 0.4) is 0 Å². The number of aromatic nitrogens is 1. The van der Waals surface area contributed by atoms with Gasteiger partial charge in [-0.3, -0.25) is 4.98 Å². The van der Waals surface area contributed by atoms with Crippen LogP contribution < -0.4 is 5.32 Å². The molecule has 0 saturated heterocycles. The third kappa shape index (κ3) is 3.43. The standard InChI is InChI=1S/C13H11IN2O2/c14-10-2-5-11(6-3-10)16-8-12-4-1-9(7-15-12)13(17)18/h1-7,16H,8H2,(H,17,18). The van der Waals surface area contributed by atoms with E-state index in [1.165, 1.54) is 9.77 Å². The first-order valence-electron chi connectivity index (χ1n) is 5.33. The highest BCUT2D eigenvalue weighted by Crippen LogP contribution is 2.12. The van der Waals surface area contributed by atoms with Gasteiger partial charge in [0, 0.05) is 15.5 Å². The fourth-order valence-corrected chi connectivity index (χ4v) is 1.78. The molecule has 0 aliphatic carbocycles. The molecule has 1 aromatic carbocycles. The van der Waals surface area contributed by atoms with Gasteiger partial charge in [-0.05, 0) is 59.0 Å². The highest BCUT2D eigenvalue weighted by atomic mass is 127. The van der Waals surface area contributed by atoms with Crippen LogP contribution in [0.5, 0.6) is 0 Å². The Bertz CT molecular complexity index is 538. The van der Waals surface area contributed by atoms with Crippen LogP contribution in [0.15, 0.2) is 42.6 Å². The molecule has 0 unspecified atom stereocenters. The van der Waals surface area contributed by atoms with Crippen LogP contribution in [-0.2, 0) is 6.54 Å². The van der Waals surface area contributed by atoms with Crippen LogP contribution in [0, 0.1) is 3.57 Å². The van der Waals surface area contributed by atoms with Crippen LogP contribution in [0.1, 0.15) is 16.1 Å². The molecule has 2 rings (SSSR count). The van der Waals surface area contributed by atoms with Crippen molar-refractivity contribution in [1.82, 2.24) is 4.98 Å². The van der Waals surface area contributed by atoms with Gasteiger partial charge in [0.25, 0.3) is 0 Å². The van der Waals surface area contributed by atoms with E-state index in [0.29, 0.717) is 6.54 Å². The second kappa shape index (κ2) is 5.81. The van der Waals surface area contributed by atoms with Crippen LogP contribution in [0.2, 0.25) is 0 Å². The predicted molar refractivity (Wildman–Crippen MR) is 77.7 cm³/mol. The van der Waals surface area contributed by atoms with Gasteiger partial charge in [-0.25, -0.2) is 4.79 Å². The number of carboxylic acids is 1. The number of carbonyl (C=O) groups is 1. The van der Waals surface area contributed by atoms with Crippen LogP contribution in [0.4, 0.5) is 5.69 Å². The molecule has 0 bridgehead atoms. The average Bonchev–Trinajstić information content (AvgIpc) is 2.38. The van der Waals surface area contributed by atoms with Gasteiger partial charge in [-0.1, -0.05) is 0 Å². The summed E-state index contributed by atoms with van der Waals surface area (Å²) in [4.78, 5) is 14.8. The summed E-state index contributed by atoms with van der Waals surface area (Å²) in [5.74, 6) is -0.959. The van der Waals surface area contributed by atoms with Crippen LogP contribution >= 0.6 is 22.6 Å². The van der Waals surface area contributed by atoms with E-state index in [1.54, 1.807) is 12.1 Å². The molecule has 1 heterocycles. The second-order valence-corrected chi connectivity index (χ2v) is 4.95. The molecular formula is C13H11IN2O2. The maximum absolute atomic E-state index is 10.7. The lowest BCUT2D eigenvalue weighted by Crippen LogP contribution is -2.03. The van der Waals surface area contributed by atoms with Gasteiger partial charge in [0.05, 0.1) is 17.8 Å². The van der Waals surface area contributed by atoms with Crippen molar-refractivity contribution in [2.75, 3.05) is 5.32 Å². The van der Waals surface area contributed by atoms with Crippen molar-refractivity contribution in [3.8, 4) is 0 Å². The summed E-state index contributed by atoms with van der Waals surface area (Å²) in [6.45, 7) is 0.570. The molecule has 2 N–H and O–H groups in total. The lowest BCUT2D eigenvalue weighted by Gasteiger charge is -2.06. The SMILES string of the molecule is O=C(O)c1ccc(CNc2ccc(I)cc2)nc1. The van der Waals surface area contributed by atoms with Crippen molar-refractivity contribution < 1.29 is 9.90 Å². The van der Waals surface area contributed by atoms with E-state index in [2.05, 4.69) is 32.9 Å². The summed E-state index contributed by atoms with van der Waals surface area (Å²) < 4.78 is 1.18. The van der Waals surface area contributed by atoms with Gasteiger partial charge >= 0.3 is 5.97 Å². The summed E-state index contributed by atoms with van der Waals surface area (Å²) >= 11 is 2.25. The molecule has 1 aromatic heterocycles. The molecule has 0 aliphatic heterocycles. The molecule has 0 fully saturated rings. The number of aromatic carboxylic acids is 1. The summed E-state index contributed by atoms with van der Waals surface area (Å²) in [5.41, 5.74) is 2.02. The minimum Gasteiger partial charge on any atom is -0.478 e. The lowest BCUT2D eigenvalue weighted by molar-refractivity contribution is 0.0696. The topological polar surface area (TPSA) is 62.2 Å². The zero-order valence-corrected chi connectivity index (χ0v) is 11.6. The zero-order valence-electron chi connectivity index (χ0n) is 9.43. The number of hydrogen-bond acceptors (Lipinski definition) is 3. The number of hydrogen-bond donors (Lipinski definition) is 2. The molecule has 2 aromatic rings. The number of nitrogens with one attached hydrogen (secondary N) is 1. The van der Waals surface area contributed by atoms with Crippen molar-refractivity contribution in [3.63, 3.8) is 0 Å². The number of nitrogens with zero attached hydrogens (tertiary/aromatic N) is 1. The van der Waals surface area contributed by atoms with E-state index in [9.17, 15) is 4.79 Å². The highest BCUT2D eigenvalue weighted by molar-refractivity contribution is 14.1. The number of pyridine rings is 1. The summed E-state index contributed by atoms with van der Waals surface area (Å²) in [6.07, 6.45) is 1.37. The minimum atomic E-state index is -0.959. The Labute approximate surface area is 118 Å². The minimum absolute atomic E-state index is 0.202. The molecule has 0 atom stereocenters. The Hall–Kier alpha value is -1.63. The Kier molecular flexibility index (Phi) is 4.14. The predicted octanol–water partition coefficient (Wildman–Crippen LogP) is 3.00. The van der Waals surface area contributed by atoms with Crippen molar-refractivity contribution >= 4 is 34.2 Å². The Morgan fingerprint density at radius 1 is 1.22 bits per heavy atom. The summed E-state index contributed by atoms with van der Waals surface area (Å²) in [7, 11) is 0. The van der Waals surface area contributed by atoms with Gasteiger partial charge in [0.15, 0.2) is 0 Å². The van der Waals surface area contributed by atoms with E-state index in [0.717, 1.165) is 11.4 Å². The van der Waals surface area contributed by atoms with Crippen molar-refractivity contribution in [1.29, 1.82) is 0 Å². The van der Waals surface area contributed by atoms with Crippen LogP contribution in [-0.4, -0.2) is 16.1 Å². The van der Waals surface area contributed by atoms with Gasteiger partial charge in [0.2, 0.25) is 0 Å². The van der Waals surface area contributed by atoms with E-state index < -0.39 is 5.97 Å². The van der Waals surface area contributed by atoms with E-state index in [1.807, 2.05) is 24.3 Å². The lowest BCUT2D eigenvalue weighted by atomic mass is 10.2. The third-order valence-corrected chi connectivity index (χ3v) is 3.11. The maximum atomic E-state index is 10.7. The first-order valence-corrected chi connectivity index (χ1v) is 6.41.